The summed E-state index contributed by atoms with van der Waals surface area (Å²) < 4.78 is 39.5. The van der Waals surface area contributed by atoms with Gasteiger partial charge in [0.1, 0.15) is 11.2 Å². The molecule has 2 saturated heterocycles. The Morgan fingerprint density at radius 3 is 1.69 bits per heavy atom. The van der Waals surface area contributed by atoms with Crippen LogP contribution in [0.15, 0.2) is 0 Å². The number of likely N-dealkylation sites (tertiary alicyclic amines) is 2. The zero-order valence-corrected chi connectivity index (χ0v) is 32.5. The van der Waals surface area contributed by atoms with Gasteiger partial charge in [0.05, 0.1) is 34.3 Å². The molecule has 0 radical (unpaired) electrons. The van der Waals surface area contributed by atoms with E-state index < -0.39 is 66.6 Å². The Labute approximate surface area is 313 Å². The molecule has 0 saturated carbocycles. The maximum absolute atomic E-state index is 12.2. The third kappa shape index (κ3) is 23.3. The van der Waals surface area contributed by atoms with Gasteiger partial charge < -0.3 is 29.0 Å². The summed E-state index contributed by atoms with van der Waals surface area (Å²) in [6.07, 6.45) is 1.26. The van der Waals surface area contributed by atoms with Crippen LogP contribution >= 0.6 is 27.0 Å². The number of alkyl halides is 1. The molecule has 0 aromatic heterocycles. The number of nitrogens with one attached hydrogen (secondary N) is 2. The number of amides is 4. The number of halogens is 1. The van der Waals surface area contributed by atoms with Crippen LogP contribution in [0.1, 0.15) is 82.4 Å². The van der Waals surface area contributed by atoms with Gasteiger partial charge in [-0.05, 0) is 74.7 Å². The molecule has 2 aliphatic rings. The van der Waals surface area contributed by atoms with Gasteiger partial charge in [-0.2, -0.15) is 27.0 Å². The van der Waals surface area contributed by atoms with Gasteiger partial charge >= 0.3 is 35.9 Å². The highest BCUT2D eigenvalue weighted by atomic mass is 32.1. The first-order valence-corrected chi connectivity index (χ1v) is 15.3. The molecule has 21 heteroatoms. The fourth-order valence-electron chi connectivity index (χ4n) is 3.92. The molecule has 18 nitrogen and oxygen atoms in total. The van der Waals surface area contributed by atoms with Crippen LogP contribution in [0, 0.1) is 0 Å². The highest BCUT2D eigenvalue weighted by Crippen LogP contribution is 2.22. The molecule has 4 amide bonds. The fourth-order valence-corrected chi connectivity index (χ4v) is 3.92. The van der Waals surface area contributed by atoms with Crippen LogP contribution in [0.25, 0.3) is 0 Å². The lowest BCUT2D eigenvalue weighted by molar-refractivity contribution is -0.154. The molecule has 2 fully saturated rings. The van der Waals surface area contributed by atoms with E-state index in [1.165, 1.54) is 9.80 Å². The first-order chi connectivity index (χ1) is 23.2. The Kier molecular flexibility index (Phi) is 28.1. The quantitative estimate of drug-likeness (QED) is 0.0632. The second-order valence-corrected chi connectivity index (χ2v) is 11.9. The minimum Gasteiger partial charge on any atom is -0.459 e. The molecule has 0 bridgehead atoms. The van der Waals surface area contributed by atoms with E-state index in [1.807, 2.05) is 0 Å². The van der Waals surface area contributed by atoms with Crippen molar-refractivity contribution in [1.82, 2.24) is 20.5 Å². The molecule has 4 N–H and O–H groups in total. The number of hydrogen-bond donors (Lipinski definition) is 3. The van der Waals surface area contributed by atoms with E-state index in [9.17, 15) is 42.7 Å². The van der Waals surface area contributed by atoms with E-state index in [0.717, 1.165) is 6.42 Å². The normalized spacial score (nSPS) is 16.0. The average Bonchev–Trinajstić information content (AvgIpc) is 3.70. The van der Waals surface area contributed by atoms with Gasteiger partial charge in [0.25, 0.3) is 6.47 Å². The van der Waals surface area contributed by atoms with Gasteiger partial charge in [0, 0.05) is 19.5 Å². The molecule has 298 valence electrons. The van der Waals surface area contributed by atoms with Crippen molar-refractivity contribution in [3.63, 3.8) is 0 Å². The molecule has 2 aliphatic heterocycles. The van der Waals surface area contributed by atoms with Gasteiger partial charge in [0.2, 0.25) is 0 Å². The maximum atomic E-state index is 12.2. The minimum atomic E-state index is -1.03. The number of nitrogens with two attached hydrogens (primary N) is 1. The van der Waals surface area contributed by atoms with Gasteiger partial charge in [-0.15, -0.1) is 0 Å². The van der Waals surface area contributed by atoms with E-state index in [1.54, 1.807) is 60.8 Å². The molecular weight excluding hydrogens is 721 g/mol. The van der Waals surface area contributed by atoms with E-state index in [4.69, 9.17) is 15.6 Å². The third-order valence-electron chi connectivity index (χ3n) is 5.77. The van der Waals surface area contributed by atoms with E-state index >= 15 is 0 Å². The molecular formula is C30H56FN5O13S2. The molecule has 2 atom stereocenters. The second kappa shape index (κ2) is 27.8. The number of carbonyl (C=O) groups is 8. The van der Waals surface area contributed by atoms with Crippen LogP contribution in [-0.2, 0) is 52.5 Å². The summed E-state index contributed by atoms with van der Waals surface area (Å²) in [6.45, 7) is 15.1. The Morgan fingerprint density at radius 2 is 1.25 bits per heavy atom. The van der Waals surface area contributed by atoms with Crippen molar-refractivity contribution in [3.05, 3.63) is 0 Å². The lowest BCUT2D eigenvalue weighted by Gasteiger charge is -2.27. The summed E-state index contributed by atoms with van der Waals surface area (Å²) in [5.41, 5.74) is 0.466. The second-order valence-electron chi connectivity index (χ2n) is 11.9. The van der Waals surface area contributed by atoms with E-state index in [-0.39, 0.29) is 52.5 Å². The summed E-state index contributed by atoms with van der Waals surface area (Å²) in [7, 11) is -1.00. The molecule has 0 aliphatic carbocycles. The number of Topliss-reactive ketones (excluding diaryl/α,β-unsaturated/α-hetero) is 1. The number of carbonyl (C=O) groups excluding carboxylic acids is 8. The number of ketones is 1. The molecule has 51 heavy (non-hydrogen) atoms. The lowest BCUT2D eigenvalue weighted by Crippen LogP contribution is -2.47. The number of rotatable bonds is 7. The minimum absolute atomic E-state index is 0. The molecule has 2 heterocycles. The third-order valence-corrected chi connectivity index (χ3v) is 5.77. The number of esters is 2. The summed E-state index contributed by atoms with van der Waals surface area (Å²) in [4.78, 5) is 92.0. The van der Waals surface area contributed by atoms with Crippen LogP contribution in [0.2, 0.25) is 0 Å². The van der Waals surface area contributed by atoms with Crippen molar-refractivity contribution in [2.45, 2.75) is 105 Å². The number of nitrogens with zero attached hydrogens (tertiary/aromatic N) is 2. The van der Waals surface area contributed by atoms with Gasteiger partial charge in [-0.1, -0.05) is 0 Å². The van der Waals surface area contributed by atoms with Gasteiger partial charge in [-0.3, -0.25) is 38.8 Å². The van der Waals surface area contributed by atoms with Crippen LogP contribution in [0.3, 0.4) is 0 Å². The predicted octanol–water partition coefficient (Wildman–Crippen LogP) is 1.50. The zero-order valence-electron chi connectivity index (χ0n) is 31.5. The van der Waals surface area contributed by atoms with Crippen molar-refractivity contribution < 1.29 is 67.8 Å². The molecule has 0 aromatic carbocycles. The largest absolute Gasteiger partial charge is 0.459 e. The highest BCUT2D eigenvalue weighted by Gasteiger charge is 2.37. The molecule has 0 aromatic rings. The Bertz CT molecular complexity index is 1140. The maximum Gasteiger partial charge on any atom is 0.413 e. The Balaban J connectivity index is -0.000000342. The van der Waals surface area contributed by atoms with Crippen molar-refractivity contribution in [1.29, 1.82) is 0 Å². The van der Waals surface area contributed by atoms with Crippen LogP contribution in [0.4, 0.5) is 14.0 Å². The first kappa shape index (κ1) is 51.5. The fraction of sp³-hybridized carbons (Fsp3) is 0.733. The van der Waals surface area contributed by atoms with Crippen molar-refractivity contribution in [3.8, 4) is 0 Å². The van der Waals surface area contributed by atoms with Crippen molar-refractivity contribution in [2.75, 3.05) is 40.0 Å². The van der Waals surface area contributed by atoms with Crippen molar-refractivity contribution >= 4 is 75.2 Å². The van der Waals surface area contributed by atoms with E-state index in [2.05, 4.69) is 20.6 Å². The lowest BCUT2D eigenvalue weighted by atomic mass is 10.1. The monoisotopic (exact) mass is 778 g/mol. The summed E-state index contributed by atoms with van der Waals surface area (Å²) in [6, 6.07) is -0.646. The Morgan fingerprint density at radius 1 is 0.824 bits per heavy atom. The number of hydrogen-bond acceptors (Lipinski definition) is 14. The molecule has 0 spiro atoms. The zero-order chi connectivity index (χ0) is 39.1. The van der Waals surface area contributed by atoms with Gasteiger partial charge in [0.15, 0.2) is 12.0 Å². The topological polar surface area (TPSA) is 239 Å². The smallest absolute Gasteiger partial charge is 0.413 e. The summed E-state index contributed by atoms with van der Waals surface area (Å²) in [5.74, 6) is 0.367. The first-order valence-electron chi connectivity index (χ1n) is 16.0. The van der Waals surface area contributed by atoms with Crippen LogP contribution < -0.4 is 16.6 Å². The van der Waals surface area contributed by atoms with Gasteiger partial charge in [-0.25, -0.2) is 25.0 Å². The SMILES string of the molecule is CC(C)(C)OC(=O)N1CCC[C@H]1OC=O.CCOC(=O)C(=O)NCC(=O)[C@@H]1CCCN1C(=O)OC(C)(C)C.CCOC(=O)C(=O)NN.S.S.[2H]CF. The number of hydrazine groups is 1. The summed E-state index contributed by atoms with van der Waals surface area (Å²) in [5, 5.41) is 2.21. The van der Waals surface area contributed by atoms with E-state index in [0.29, 0.717) is 38.8 Å². The molecule has 0 unspecified atom stereocenters. The van der Waals surface area contributed by atoms with Crippen molar-refractivity contribution in [2.24, 2.45) is 5.84 Å². The van der Waals surface area contributed by atoms with Crippen LogP contribution in [0.5, 0.6) is 0 Å². The predicted molar refractivity (Wildman–Crippen MR) is 190 cm³/mol. The highest BCUT2D eigenvalue weighted by molar-refractivity contribution is 7.59. The Hall–Kier alpha value is -3.85. The number of ether oxygens (including phenoxy) is 5. The standard InChI is InChI=1S/C15H24N2O6.C10H17NO4.C4H8N2O3.CH3F.2H2S/c1-5-22-13(20)12(19)16-9-11(18)10-7-6-8-17(10)14(21)23-15(2,3)4;1-10(2,3)15-9(13)11-6-4-5-8(11)14-7-12;1-2-9-4(8)3(7)6-5;1-2;;/h10H,5-9H2,1-4H3,(H,16,19);7-8H,4-6H2,1-3H3;2,5H2,1H3,(H,6,7);1H3;2*1H2/t10-;8-;;;;/m01..../s1/i;;;1D;;. The average molecular weight is 779 g/mol. The molecule has 2 rings (SSSR count). The summed E-state index contributed by atoms with van der Waals surface area (Å²) >= 11 is 0. The van der Waals surface area contributed by atoms with Crippen LogP contribution in [-0.4, -0.2) is 121 Å².